The first-order chi connectivity index (χ1) is 3.29. The molecule has 1 aliphatic rings. The molecule has 0 amide bonds. The summed E-state index contributed by atoms with van der Waals surface area (Å²) in [5.41, 5.74) is 0. The summed E-state index contributed by atoms with van der Waals surface area (Å²) in [6.07, 6.45) is 1.36. The Hall–Kier alpha value is 0.0249. The first-order valence-corrected chi connectivity index (χ1v) is 3.02. The lowest BCUT2D eigenvalue weighted by Crippen LogP contribution is -2.21. The lowest BCUT2D eigenvalue weighted by molar-refractivity contribution is 0.679. The van der Waals surface area contributed by atoms with Gasteiger partial charge in [0.25, 0.3) is 0 Å². The molecule has 1 heterocycles. The van der Waals surface area contributed by atoms with Crippen molar-refractivity contribution in [3.63, 3.8) is 0 Å². The largest absolute Gasteiger partial charge is 0.356 e. The molecule has 40 valence electrons. The molecule has 1 atom stereocenters. The third-order valence-corrected chi connectivity index (χ3v) is 1.57. The van der Waals surface area contributed by atoms with Gasteiger partial charge < -0.3 is 5.23 Å². The summed E-state index contributed by atoms with van der Waals surface area (Å²) >= 11 is 0. The average molecular weight is 97.0 g/mol. The van der Waals surface area contributed by atoms with E-state index in [2.05, 4.69) is 19.0 Å². The topological polar surface area (TPSA) is 12.0 Å². The summed E-state index contributed by atoms with van der Waals surface area (Å²) < 4.78 is 0. The first kappa shape index (κ1) is 5.17. The van der Waals surface area contributed by atoms with Gasteiger partial charge in [0.2, 0.25) is 6.85 Å². The van der Waals surface area contributed by atoms with Crippen LogP contribution in [0.3, 0.4) is 0 Å². The molecule has 0 radical (unpaired) electrons. The Kier molecular flexibility index (Phi) is 1.38. The molecule has 0 aliphatic carbocycles. The van der Waals surface area contributed by atoms with Crippen LogP contribution in [0.25, 0.3) is 0 Å². The van der Waals surface area contributed by atoms with Gasteiger partial charge in [-0.15, -0.1) is 0 Å². The monoisotopic (exact) mass is 97.1 g/mol. The van der Waals surface area contributed by atoms with Crippen LogP contribution in [0.2, 0.25) is 13.1 Å². The highest BCUT2D eigenvalue weighted by atomic mass is 14.8. The molecule has 0 aromatic carbocycles. The lowest BCUT2D eigenvalue weighted by Gasteiger charge is -1.92. The van der Waals surface area contributed by atoms with Crippen molar-refractivity contribution in [3.8, 4) is 0 Å². The second kappa shape index (κ2) is 1.87. The van der Waals surface area contributed by atoms with Crippen molar-refractivity contribution < 1.29 is 0 Å². The second-order valence-corrected chi connectivity index (χ2v) is 2.65. The highest BCUT2D eigenvalue weighted by Crippen LogP contribution is 2.09. The van der Waals surface area contributed by atoms with Crippen molar-refractivity contribution in [2.45, 2.75) is 20.1 Å². The van der Waals surface area contributed by atoms with E-state index >= 15 is 0 Å². The minimum Gasteiger partial charge on any atom is -0.356 e. The molecule has 0 spiro atoms. The van der Waals surface area contributed by atoms with Crippen molar-refractivity contribution in [2.75, 3.05) is 6.54 Å². The molecular weight excluding hydrogens is 84.9 g/mol. The van der Waals surface area contributed by atoms with Gasteiger partial charge in [0.1, 0.15) is 0 Å². The predicted octanol–water partition coefficient (Wildman–Crippen LogP) is 0.847. The van der Waals surface area contributed by atoms with Gasteiger partial charge in [0.05, 0.1) is 0 Å². The number of hydrogen-bond donors (Lipinski definition) is 1. The zero-order chi connectivity index (χ0) is 5.28. The van der Waals surface area contributed by atoms with Crippen LogP contribution in [0.4, 0.5) is 0 Å². The number of rotatable bonds is 0. The summed E-state index contributed by atoms with van der Waals surface area (Å²) in [4.78, 5) is 0. The Morgan fingerprint density at radius 1 is 1.71 bits per heavy atom. The molecule has 0 aromatic rings. The fourth-order valence-electron chi connectivity index (χ4n) is 1.17. The lowest BCUT2D eigenvalue weighted by atomic mass is 9.63. The molecule has 2 heteroatoms. The van der Waals surface area contributed by atoms with Crippen LogP contribution in [-0.4, -0.2) is 13.4 Å². The maximum Gasteiger partial charge on any atom is 0.217 e. The Bertz CT molecular complexity index is 57.1. The van der Waals surface area contributed by atoms with Crippen LogP contribution in [0.1, 0.15) is 6.92 Å². The molecular formula is C5H12BN. The SMILES string of the molecule is CB1CC(C)CN1. The molecule has 1 nitrogen and oxygen atoms in total. The van der Waals surface area contributed by atoms with Crippen LogP contribution in [0.15, 0.2) is 0 Å². The minimum absolute atomic E-state index is 0.773. The fourth-order valence-corrected chi connectivity index (χ4v) is 1.17. The van der Waals surface area contributed by atoms with E-state index in [4.69, 9.17) is 0 Å². The molecule has 1 N–H and O–H groups in total. The summed E-state index contributed by atoms with van der Waals surface area (Å²) in [6, 6.07) is 0. The number of hydrogen-bond acceptors (Lipinski definition) is 1. The van der Waals surface area contributed by atoms with E-state index in [0.29, 0.717) is 0 Å². The Balaban J connectivity index is 2.26. The van der Waals surface area contributed by atoms with E-state index in [-0.39, 0.29) is 0 Å². The van der Waals surface area contributed by atoms with Gasteiger partial charge in [-0.3, -0.25) is 0 Å². The van der Waals surface area contributed by atoms with E-state index in [1.807, 2.05) is 0 Å². The number of nitrogens with one attached hydrogen (secondary N) is 1. The zero-order valence-electron chi connectivity index (χ0n) is 5.07. The van der Waals surface area contributed by atoms with Crippen molar-refractivity contribution in [1.29, 1.82) is 0 Å². The van der Waals surface area contributed by atoms with Crippen LogP contribution >= 0.6 is 0 Å². The Morgan fingerprint density at radius 3 is 2.57 bits per heavy atom. The van der Waals surface area contributed by atoms with E-state index in [0.717, 1.165) is 12.8 Å². The Labute approximate surface area is 45.6 Å². The van der Waals surface area contributed by atoms with Gasteiger partial charge >= 0.3 is 0 Å². The maximum atomic E-state index is 3.37. The molecule has 7 heavy (non-hydrogen) atoms. The first-order valence-electron chi connectivity index (χ1n) is 3.02. The minimum atomic E-state index is 0.773. The summed E-state index contributed by atoms with van der Waals surface area (Å²) in [5, 5.41) is 3.37. The van der Waals surface area contributed by atoms with E-state index in [9.17, 15) is 0 Å². The second-order valence-electron chi connectivity index (χ2n) is 2.65. The van der Waals surface area contributed by atoms with E-state index in [1.54, 1.807) is 0 Å². The highest BCUT2D eigenvalue weighted by molar-refractivity contribution is 6.55. The van der Waals surface area contributed by atoms with E-state index < -0.39 is 0 Å². The van der Waals surface area contributed by atoms with Crippen molar-refractivity contribution in [1.82, 2.24) is 5.23 Å². The van der Waals surface area contributed by atoms with E-state index in [1.165, 1.54) is 12.9 Å². The van der Waals surface area contributed by atoms with Crippen LogP contribution in [0, 0.1) is 5.92 Å². The average Bonchev–Trinajstić information content (AvgIpc) is 1.87. The normalized spacial score (nSPS) is 31.7. The Morgan fingerprint density at radius 2 is 2.43 bits per heavy atom. The smallest absolute Gasteiger partial charge is 0.217 e. The maximum absolute atomic E-state index is 3.37. The van der Waals surface area contributed by atoms with Crippen molar-refractivity contribution in [3.05, 3.63) is 0 Å². The molecule has 1 fully saturated rings. The van der Waals surface area contributed by atoms with Crippen molar-refractivity contribution >= 4 is 6.85 Å². The molecule has 0 aromatic heterocycles. The van der Waals surface area contributed by atoms with Gasteiger partial charge in [-0.05, 0) is 12.5 Å². The van der Waals surface area contributed by atoms with Crippen molar-refractivity contribution in [2.24, 2.45) is 5.92 Å². The molecule has 0 saturated carbocycles. The summed E-state index contributed by atoms with van der Waals surface area (Å²) in [7, 11) is 0. The third-order valence-electron chi connectivity index (χ3n) is 1.57. The quantitative estimate of drug-likeness (QED) is 0.442. The van der Waals surface area contributed by atoms with Gasteiger partial charge in [-0.25, -0.2) is 0 Å². The summed E-state index contributed by atoms with van der Waals surface area (Å²) in [5.74, 6) is 0.912. The van der Waals surface area contributed by atoms with Gasteiger partial charge in [0, 0.05) is 0 Å². The summed E-state index contributed by atoms with van der Waals surface area (Å²) in [6.45, 7) is 6.52. The predicted molar refractivity (Wildman–Crippen MR) is 33.6 cm³/mol. The third kappa shape index (κ3) is 1.20. The highest BCUT2D eigenvalue weighted by Gasteiger charge is 2.18. The van der Waals surface area contributed by atoms with Crippen LogP contribution < -0.4 is 5.23 Å². The molecule has 1 aliphatic heterocycles. The van der Waals surface area contributed by atoms with Crippen LogP contribution in [-0.2, 0) is 0 Å². The zero-order valence-corrected chi connectivity index (χ0v) is 5.07. The van der Waals surface area contributed by atoms with Gasteiger partial charge in [0.15, 0.2) is 0 Å². The van der Waals surface area contributed by atoms with Gasteiger partial charge in [-0.2, -0.15) is 0 Å². The molecule has 0 bridgehead atoms. The molecule has 1 unspecified atom stereocenters. The van der Waals surface area contributed by atoms with Gasteiger partial charge in [-0.1, -0.05) is 20.1 Å². The van der Waals surface area contributed by atoms with Crippen LogP contribution in [0.5, 0.6) is 0 Å². The standard InChI is InChI=1S/C5H12BN/c1-5-3-6(2)7-4-5/h5,7H,3-4H2,1-2H3. The molecule has 1 saturated heterocycles. The molecule has 1 rings (SSSR count). The fraction of sp³-hybridized carbons (Fsp3) is 1.00.